The zero-order valence-electron chi connectivity index (χ0n) is 15.8. The van der Waals surface area contributed by atoms with Crippen LogP contribution in [0, 0.1) is 13.8 Å². The number of fused-ring (bicyclic) bond motifs is 1. The summed E-state index contributed by atoms with van der Waals surface area (Å²) in [6.45, 7) is 3.99. The van der Waals surface area contributed by atoms with Gasteiger partial charge >= 0.3 is 0 Å². The molecule has 2 saturated heterocycles. The predicted molar refractivity (Wildman–Crippen MR) is 115 cm³/mol. The van der Waals surface area contributed by atoms with Gasteiger partial charge in [-0.15, -0.1) is 0 Å². The van der Waals surface area contributed by atoms with Gasteiger partial charge in [0, 0.05) is 10.9 Å². The van der Waals surface area contributed by atoms with Crippen LogP contribution in [0.1, 0.15) is 16.7 Å². The van der Waals surface area contributed by atoms with Crippen molar-refractivity contribution in [3.8, 4) is 0 Å². The van der Waals surface area contributed by atoms with Crippen LogP contribution in [0.25, 0.3) is 0 Å². The summed E-state index contributed by atoms with van der Waals surface area (Å²) in [7, 11) is -3.06. The molecule has 146 valence electrons. The van der Waals surface area contributed by atoms with Crippen LogP contribution < -0.4 is 4.90 Å². The molecule has 0 radical (unpaired) electrons. The van der Waals surface area contributed by atoms with E-state index in [4.69, 9.17) is 0 Å². The molecule has 1 amide bonds. The van der Waals surface area contributed by atoms with Crippen molar-refractivity contribution >= 4 is 38.4 Å². The molecule has 0 unspecified atom stereocenters. The zero-order valence-corrected chi connectivity index (χ0v) is 17.5. The first-order valence-corrected chi connectivity index (χ1v) is 11.9. The molecule has 0 spiro atoms. The average Bonchev–Trinajstić information content (AvgIpc) is 3.05. The normalized spacial score (nSPS) is 24.5. The first-order chi connectivity index (χ1) is 13.3. The molecule has 2 fully saturated rings. The van der Waals surface area contributed by atoms with E-state index in [1.165, 1.54) is 11.8 Å². The molecule has 2 aliphatic rings. The molecule has 2 aliphatic heterocycles. The smallest absolute Gasteiger partial charge is 0.252 e. The molecule has 5 nitrogen and oxygen atoms in total. The molecular formula is C21H22N2O3S2. The van der Waals surface area contributed by atoms with Gasteiger partial charge < -0.3 is 4.90 Å². The van der Waals surface area contributed by atoms with Gasteiger partial charge in [0.1, 0.15) is 0 Å². The van der Waals surface area contributed by atoms with Crippen molar-refractivity contribution in [3.63, 3.8) is 0 Å². The number of nitrogens with zero attached hydrogens (tertiary/aromatic N) is 2. The average molecular weight is 415 g/mol. The number of benzene rings is 2. The molecule has 2 aromatic rings. The number of carbonyl (C=O) groups excluding carboxylic acids is 1. The molecule has 28 heavy (non-hydrogen) atoms. The Morgan fingerprint density at radius 2 is 1.82 bits per heavy atom. The van der Waals surface area contributed by atoms with E-state index in [-0.39, 0.29) is 35.1 Å². The zero-order chi connectivity index (χ0) is 19.9. The van der Waals surface area contributed by atoms with Crippen LogP contribution in [0.4, 0.5) is 5.69 Å². The number of hydrogen-bond donors (Lipinski definition) is 0. The Bertz CT molecular complexity index is 1060. The Morgan fingerprint density at radius 1 is 1.11 bits per heavy atom. The third-order valence-electron chi connectivity index (χ3n) is 5.00. The minimum Gasteiger partial charge on any atom is -0.316 e. The van der Waals surface area contributed by atoms with E-state index in [1.807, 2.05) is 67.3 Å². The molecule has 2 atom stereocenters. The number of amides is 1. The standard InChI is InChI=1S/C21H22N2O3S2/c1-14-5-3-7-16(9-14)11-20(24)22-21-23(17-8-4-6-15(2)10-17)18-12-28(25,26)13-19(18)27-21/h3-10,18-19H,11-13H2,1-2H3/t18-,19+/m0/s1. The van der Waals surface area contributed by atoms with Crippen molar-refractivity contribution in [3.05, 3.63) is 65.2 Å². The third kappa shape index (κ3) is 4.00. The van der Waals surface area contributed by atoms with Gasteiger partial charge in [-0.1, -0.05) is 53.7 Å². The van der Waals surface area contributed by atoms with Gasteiger partial charge in [0.05, 0.1) is 24.0 Å². The third-order valence-corrected chi connectivity index (χ3v) is 8.21. The van der Waals surface area contributed by atoms with E-state index in [0.717, 1.165) is 22.4 Å². The second-order valence-corrected chi connectivity index (χ2v) is 10.8. The summed E-state index contributed by atoms with van der Waals surface area (Å²) < 4.78 is 24.3. The van der Waals surface area contributed by atoms with E-state index in [1.54, 1.807) is 0 Å². The first-order valence-electron chi connectivity index (χ1n) is 9.21. The van der Waals surface area contributed by atoms with Crippen LogP contribution in [0.2, 0.25) is 0 Å². The quantitative estimate of drug-likeness (QED) is 0.772. The lowest BCUT2D eigenvalue weighted by Gasteiger charge is -2.24. The second kappa shape index (κ2) is 7.37. The highest BCUT2D eigenvalue weighted by Crippen LogP contribution is 2.41. The number of rotatable bonds is 3. The molecular weight excluding hydrogens is 392 g/mol. The van der Waals surface area contributed by atoms with Gasteiger partial charge in [-0.05, 0) is 37.1 Å². The topological polar surface area (TPSA) is 66.8 Å². The van der Waals surface area contributed by atoms with E-state index >= 15 is 0 Å². The fourth-order valence-electron chi connectivity index (χ4n) is 3.79. The minimum absolute atomic E-state index is 0.0870. The molecule has 0 bridgehead atoms. The van der Waals surface area contributed by atoms with Crippen LogP contribution in [0.5, 0.6) is 0 Å². The van der Waals surface area contributed by atoms with E-state index in [0.29, 0.717) is 5.17 Å². The van der Waals surface area contributed by atoms with Crippen LogP contribution >= 0.6 is 11.8 Å². The number of anilines is 1. The van der Waals surface area contributed by atoms with Crippen molar-refractivity contribution in [1.29, 1.82) is 0 Å². The number of sulfone groups is 1. The summed E-state index contributed by atoms with van der Waals surface area (Å²) in [4.78, 5) is 19.0. The van der Waals surface area contributed by atoms with Gasteiger partial charge in [-0.2, -0.15) is 4.99 Å². The number of hydrogen-bond acceptors (Lipinski definition) is 4. The lowest BCUT2D eigenvalue weighted by molar-refractivity contribution is -0.117. The van der Waals surface area contributed by atoms with Gasteiger partial charge in [-0.25, -0.2) is 8.42 Å². The van der Waals surface area contributed by atoms with Crippen LogP contribution in [0.15, 0.2) is 53.5 Å². The van der Waals surface area contributed by atoms with Crippen molar-refractivity contribution in [2.45, 2.75) is 31.6 Å². The monoisotopic (exact) mass is 414 g/mol. The maximum Gasteiger partial charge on any atom is 0.252 e. The van der Waals surface area contributed by atoms with Crippen molar-refractivity contribution < 1.29 is 13.2 Å². The molecule has 2 heterocycles. The molecule has 2 aromatic carbocycles. The maximum absolute atomic E-state index is 12.6. The summed E-state index contributed by atoms with van der Waals surface area (Å²) in [5.41, 5.74) is 4.01. The number of thioether (sulfide) groups is 1. The number of carbonyl (C=O) groups is 1. The SMILES string of the molecule is Cc1cccc(CC(=O)N=C2S[C@@H]3CS(=O)(=O)C[C@@H]3N2c2cccc(C)c2)c1. The molecule has 0 saturated carbocycles. The van der Waals surface area contributed by atoms with Crippen LogP contribution in [0.3, 0.4) is 0 Å². The highest BCUT2D eigenvalue weighted by Gasteiger charge is 2.49. The highest BCUT2D eigenvalue weighted by molar-refractivity contribution is 8.16. The largest absolute Gasteiger partial charge is 0.316 e. The Hall–Kier alpha value is -2.12. The fourth-order valence-corrected chi connectivity index (χ4v) is 7.72. The Kier molecular flexibility index (Phi) is 5.05. The molecule has 0 aliphatic carbocycles. The van der Waals surface area contributed by atoms with Crippen molar-refractivity contribution in [2.75, 3.05) is 16.4 Å². The molecule has 0 N–H and O–H groups in total. The molecule has 0 aromatic heterocycles. The van der Waals surface area contributed by atoms with Gasteiger partial charge in [0.2, 0.25) is 0 Å². The van der Waals surface area contributed by atoms with E-state index in [2.05, 4.69) is 4.99 Å². The van der Waals surface area contributed by atoms with Crippen molar-refractivity contribution in [2.24, 2.45) is 4.99 Å². The van der Waals surface area contributed by atoms with E-state index in [9.17, 15) is 13.2 Å². The molecule has 7 heteroatoms. The lowest BCUT2D eigenvalue weighted by Crippen LogP contribution is -2.37. The number of amidine groups is 1. The van der Waals surface area contributed by atoms with Gasteiger partial charge in [0.15, 0.2) is 15.0 Å². The Morgan fingerprint density at radius 3 is 2.54 bits per heavy atom. The summed E-state index contributed by atoms with van der Waals surface area (Å²) >= 11 is 1.41. The Labute approximate surface area is 169 Å². The minimum atomic E-state index is -3.06. The van der Waals surface area contributed by atoms with Gasteiger partial charge in [-0.3, -0.25) is 4.79 Å². The number of aryl methyl sites for hydroxylation is 2. The summed E-state index contributed by atoms with van der Waals surface area (Å²) in [6.07, 6.45) is 0.237. The van der Waals surface area contributed by atoms with Crippen LogP contribution in [-0.4, -0.2) is 42.3 Å². The summed E-state index contributed by atoms with van der Waals surface area (Å²) in [6, 6.07) is 15.6. The highest BCUT2D eigenvalue weighted by atomic mass is 32.2. The van der Waals surface area contributed by atoms with Crippen LogP contribution in [-0.2, 0) is 21.1 Å². The molecule has 4 rings (SSSR count). The lowest BCUT2D eigenvalue weighted by atomic mass is 10.1. The van der Waals surface area contributed by atoms with Crippen molar-refractivity contribution in [1.82, 2.24) is 0 Å². The summed E-state index contributed by atoms with van der Waals surface area (Å²) in [5.74, 6) is 0.0213. The fraction of sp³-hybridized carbons (Fsp3) is 0.333. The second-order valence-electron chi connectivity index (χ2n) is 7.46. The maximum atomic E-state index is 12.6. The Balaban J connectivity index is 1.65. The van der Waals surface area contributed by atoms with Gasteiger partial charge in [0.25, 0.3) is 5.91 Å². The summed E-state index contributed by atoms with van der Waals surface area (Å²) in [5, 5.41) is 0.518. The predicted octanol–water partition coefficient (Wildman–Crippen LogP) is 3.15. The number of aliphatic imine (C=N–C) groups is 1. The first kappa shape index (κ1) is 19.2. The van der Waals surface area contributed by atoms with E-state index < -0.39 is 9.84 Å².